The number of carbonyl (C=O) groups excluding carboxylic acids is 1. The van der Waals surface area contributed by atoms with Gasteiger partial charge < -0.3 is 14.2 Å². The molecule has 6 heteroatoms. The van der Waals surface area contributed by atoms with Gasteiger partial charge in [0.1, 0.15) is 19.3 Å². The normalized spacial score (nSPS) is 18.5. The summed E-state index contributed by atoms with van der Waals surface area (Å²) in [5.74, 6) is 0.784. The molecule has 0 spiro atoms. The summed E-state index contributed by atoms with van der Waals surface area (Å²) in [6, 6.07) is 3.36. The van der Waals surface area contributed by atoms with Crippen molar-refractivity contribution >= 4 is 17.6 Å². The summed E-state index contributed by atoms with van der Waals surface area (Å²) in [6.45, 7) is 0.957. The fraction of sp³-hybridized carbons (Fsp3) is 0.500. The van der Waals surface area contributed by atoms with E-state index in [2.05, 4.69) is 5.32 Å². The lowest BCUT2D eigenvalue weighted by Gasteiger charge is -2.23. The Bertz CT molecular complexity index is 530. The van der Waals surface area contributed by atoms with Crippen molar-refractivity contribution < 1.29 is 19.0 Å². The van der Waals surface area contributed by atoms with Crippen LogP contribution in [-0.2, 0) is 9.53 Å². The maximum atomic E-state index is 12.0. The summed E-state index contributed by atoms with van der Waals surface area (Å²) in [5, 5.41) is 3.71. The topological polar surface area (TPSA) is 56.8 Å². The van der Waals surface area contributed by atoms with E-state index in [-0.39, 0.29) is 5.97 Å². The SMILES string of the molecule is COC(=O)C(NC1CC1)c1cc(Cl)c2c(c1)OCCO2. The van der Waals surface area contributed by atoms with Crippen LogP contribution in [0, 0.1) is 0 Å². The Morgan fingerprint density at radius 1 is 1.40 bits per heavy atom. The lowest BCUT2D eigenvalue weighted by molar-refractivity contribution is -0.143. The van der Waals surface area contributed by atoms with Gasteiger partial charge >= 0.3 is 5.97 Å². The van der Waals surface area contributed by atoms with E-state index in [9.17, 15) is 4.79 Å². The molecule has 1 aromatic carbocycles. The lowest BCUT2D eigenvalue weighted by Crippen LogP contribution is -2.31. The van der Waals surface area contributed by atoms with E-state index in [4.69, 9.17) is 25.8 Å². The molecule has 1 fully saturated rings. The van der Waals surface area contributed by atoms with Gasteiger partial charge in [0, 0.05) is 6.04 Å². The van der Waals surface area contributed by atoms with Crippen molar-refractivity contribution in [2.75, 3.05) is 20.3 Å². The zero-order chi connectivity index (χ0) is 14.1. The molecule has 1 atom stereocenters. The molecule has 0 saturated heterocycles. The van der Waals surface area contributed by atoms with E-state index in [1.807, 2.05) is 0 Å². The van der Waals surface area contributed by atoms with Crippen molar-refractivity contribution in [1.82, 2.24) is 5.32 Å². The molecule has 1 aromatic rings. The summed E-state index contributed by atoms with van der Waals surface area (Å²) in [4.78, 5) is 12.0. The second-order valence-electron chi connectivity index (χ2n) is 4.92. The van der Waals surface area contributed by atoms with Gasteiger partial charge in [0.15, 0.2) is 11.5 Å². The first-order valence-electron chi connectivity index (χ1n) is 6.62. The van der Waals surface area contributed by atoms with Crippen LogP contribution < -0.4 is 14.8 Å². The van der Waals surface area contributed by atoms with Gasteiger partial charge in [-0.05, 0) is 30.5 Å². The van der Waals surface area contributed by atoms with Gasteiger partial charge in [-0.2, -0.15) is 0 Å². The molecule has 20 heavy (non-hydrogen) atoms. The highest BCUT2D eigenvalue weighted by Crippen LogP contribution is 2.40. The Labute approximate surface area is 122 Å². The third kappa shape index (κ3) is 2.69. The minimum absolute atomic E-state index is 0.329. The van der Waals surface area contributed by atoms with Gasteiger partial charge in [0.25, 0.3) is 0 Å². The van der Waals surface area contributed by atoms with E-state index in [1.54, 1.807) is 12.1 Å². The van der Waals surface area contributed by atoms with Crippen LogP contribution in [0.1, 0.15) is 24.4 Å². The zero-order valence-corrected chi connectivity index (χ0v) is 11.9. The van der Waals surface area contributed by atoms with Crippen molar-refractivity contribution in [3.05, 3.63) is 22.7 Å². The van der Waals surface area contributed by atoms with Crippen LogP contribution in [0.2, 0.25) is 5.02 Å². The first-order chi connectivity index (χ1) is 9.69. The van der Waals surface area contributed by atoms with Gasteiger partial charge in [-0.1, -0.05) is 11.6 Å². The first-order valence-corrected chi connectivity index (χ1v) is 6.99. The van der Waals surface area contributed by atoms with E-state index in [0.29, 0.717) is 35.8 Å². The van der Waals surface area contributed by atoms with Crippen LogP contribution in [0.15, 0.2) is 12.1 Å². The van der Waals surface area contributed by atoms with Crippen LogP contribution in [0.4, 0.5) is 0 Å². The van der Waals surface area contributed by atoms with Crippen molar-refractivity contribution in [3.63, 3.8) is 0 Å². The van der Waals surface area contributed by atoms with Crippen LogP contribution in [-0.4, -0.2) is 32.3 Å². The van der Waals surface area contributed by atoms with Crippen LogP contribution in [0.25, 0.3) is 0 Å². The molecule has 1 unspecified atom stereocenters. The summed E-state index contributed by atoms with van der Waals surface area (Å²) >= 11 is 6.21. The third-order valence-corrected chi connectivity index (χ3v) is 3.65. The predicted octanol–water partition coefficient (Wildman–Crippen LogP) is 2.08. The molecular weight excluding hydrogens is 282 g/mol. The van der Waals surface area contributed by atoms with Gasteiger partial charge in [0.2, 0.25) is 0 Å². The van der Waals surface area contributed by atoms with Crippen molar-refractivity contribution in [1.29, 1.82) is 0 Å². The molecule has 3 rings (SSSR count). The predicted molar refractivity (Wildman–Crippen MR) is 73.4 cm³/mol. The third-order valence-electron chi connectivity index (χ3n) is 3.37. The molecule has 5 nitrogen and oxygen atoms in total. The van der Waals surface area contributed by atoms with E-state index in [0.717, 1.165) is 18.4 Å². The molecule has 1 aliphatic heterocycles. The number of halogens is 1. The standard InChI is InChI=1S/C14H16ClNO4/c1-18-14(17)12(16-9-2-3-9)8-6-10(15)13-11(7-8)19-4-5-20-13/h6-7,9,12,16H,2-5H2,1H3. The molecule has 0 amide bonds. The number of hydrogen-bond donors (Lipinski definition) is 1. The number of carbonyl (C=O) groups is 1. The number of rotatable bonds is 4. The molecular formula is C14H16ClNO4. The Hall–Kier alpha value is -1.46. The summed E-state index contributed by atoms with van der Waals surface area (Å²) in [5.41, 5.74) is 0.734. The van der Waals surface area contributed by atoms with Gasteiger partial charge in [-0.15, -0.1) is 0 Å². The second kappa shape index (κ2) is 5.50. The molecule has 0 bridgehead atoms. The van der Waals surface area contributed by atoms with Gasteiger partial charge in [-0.3, -0.25) is 5.32 Å². The van der Waals surface area contributed by atoms with Crippen LogP contribution in [0.3, 0.4) is 0 Å². The Morgan fingerprint density at radius 2 is 2.15 bits per heavy atom. The molecule has 1 saturated carbocycles. The molecule has 1 aliphatic carbocycles. The zero-order valence-electron chi connectivity index (χ0n) is 11.1. The summed E-state index contributed by atoms with van der Waals surface area (Å²) < 4.78 is 15.9. The number of fused-ring (bicyclic) bond motifs is 1. The molecule has 0 aromatic heterocycles. The molecule has 1 N–H and O–H groups in total. The van der Waals surface area contributed by atoms with E-state index >= 15 is 0 Å². The number of esters is 1. The summed E-state index contributed by atoms with van der Waals surface area (Å²) in [7, 11) is 1.38. The van der Waals surface area contributed by atoms with Crippen molar-refractivity contribution in [2.45, 2.75) is 24.9 Å². The first kappa shape index (κ1) is 13.5. The van der Waals surface area contributed by atoms with Crippen LogP contribution in [0.5, 0.6) is 11.5 Å². The number of benzene rings is 1. The van der Waals surface area contributed by atoms with Crippen molar-refractivity contribution in [2.24, 2.45) is 0 Å². The minimum atomic E-state index is -0.527. The lowest BCUT2D eigenvalue weighted by atomic mass is 10.1. The number of nitrogens with one attached hydrogen (secondary N) is 1. The average molecular weight is 298 g/mol. The Morgan fingerprint density at radius 3 is 2.85 bits per heavy atom. The monoisotopic (exact) mass is 297 g/mol. The average Bonchev–Trinajstić information content (AvgIpc) is 3.28. The Balaban J connectivity index is 1.93. The second-order valence-corrected chi connectivity index (χ2v) is 5.33. The van der Waals surface area contributed by atoms with E-state index in [1.165, 1.54) is 7.11 Å². The summed E-state index contributed by atoms with van der Waals surface area (Å²) in [6.07, 6.45) is 2.15. The van der Waals surface area contributed by atoms with Crippen LogP contribution >= 0.6 is 11.6 Å². The largest absolute Gasteiger partial charge is 0.486 e. The molecule has 108 valence electrons. The fourth-order valence-electron chi connectivity index (χ4n) is 2.20. The molecule has 2 aliphatic rings. The maximum Gasteiger partial charge on any atom is 0.327 e. The van der Waals surface area contributed by atoms with Crippen molar-refractivity contribution in [3.8, 4) is 11.5 Å². The highest BCUT2D eigenvalue weighted by Gasteiger charge is 2.31. The number of ether oxygens (including phenoxy) is 3. The highest BCUT2D eigenvalue weighted by molar-refractivity contribution is 6.32. The Kier molecular flexibility index (Phi) is 3.72. The maximum absolute atomic E-state index is 12.0. The van der Waals surface area contributed by atoms with Gasteiger partial charge in [0.05, 0.1) is 12.1 Å². The molecule has 0 radical (unpaired) electrons. The number of hydrogen-bond acceptors (Lipinski definition) is 5. The highest BCUT2D eigenvalue weighted by atomic mass is 35.5. The fourth-order valence-corrected chi connectivity index (χ4v) is 2.48. The van der Waals surface area contributed by atoms with Gasteiger partial charge in [-0.25, -0.2) is 4.79 Å². The minimum Gasteiger partial charge on any atom is -0.486 e. The van der Waals surface area contributed by atoms with E-state index < -0.39 is 6.04 Å². The number of methoxy groups -OCH3 is 1. The quantitative estimate of drug-likeness (QED) is 0.862. The molecule has 1 heterocycles. The smallest absolute Gasteiger partial charge is 0.327 e.